The molecular formula is C34H51N15O. The first-order valence-electron chi connectivity index (χ1n) is 16.2. The number of nitrogen functional groups attached to an aromatic ring is 3. The number of hydrogen-bond donors (Lipinski definition) is 5. The zero-order valence-electron chi connectivity index (χ0n) is 30.5. The molecular weight excluding hydrogens is 634 g/mol. The van der Waals surface area contributed by atoms with Gasteiger partial charge in [-0.25, -0.2) is 19.9 Å². The summed E-state index contributed by atoms with van der Waals surface area (Å²) in [7, 11) is 0. The molecule has 2 aliphatic rings. The largest absolute Gasteiger partial charge is 0.397 e. The Bertz CT molecular complexity index is 1930. The third-order valence-electron chi connectivity index (χ3n) is 7.41. The highest BCUT2D eigenvalue weighted by molar-refractivity contribution is 5.94. The molecule has 0 radical (unpaired) electrons. The molecule has 6 rings (SSSR count). The first-order valence-corrected chi connectivity index (χ1v) is 16.2. The maximum absolute atomic E-state index is 11.1. The van der Waals surface area contributed by atoms with E-state index in [2.05, 4.69) is 76.1 Å². The summed E-state index contributed by atoms with van der Waals surface area (Å²) in [5.41, 5.74) is 26.7. The predicted octanol–water partition coefficient (Wildman–Crippen LogP) is 4.42. The normalized spacial score (nSPS) is 14.3. The number of aliphatic imine (C=N–C) groups is 1. The van der Waals surface area contributed by atoms with Crippen molar-refractivity contribution in [1.82, 2.24) is 49.2 Å². The van der Waals surface area contributed by atoms with Crippen LogP contribution in [0.2, 0.25) is 0 Å². The average Bonchev–Trinajstić information content (AvgIpc) is 3.66. The van der Waals surface area contributed by atoms with Gasteiger partial charge in [0.2, 0.25) is 5.95 Å². The SMILES string of the molecule is C=C1N=C(N)C=CN1C(C)C.C=C1NC(=O)C(C)=CN1C(C)C.CC(C)n1cnc2c(N)ccnc21.CC(C)n1cnc2c(N)nc(N)nc21. The van der Waals surface area contributed by atoms with Crippen LogP contribution < -0.4 is 28.3 Å². The number of nitrogens with two attached hydrogens (primary N) is 4. The molecule has 2 aliphatic heterocycles. The number of nitrogens with one attached hydrogen (secondary N) is 1. The fourth-order valence-corrected chi connectivity index (χ4v) is 4.72. The van der Waals surface area contributed by atoms with Crippen molar-refractivity contribution in [2.24, 2.45) is 10.7 Å². The van der Waals surface area contributed by atoms with Gasteiger partial charge in [0.25, 0.3) is 5.91 Å². The first kappa shape index (κ1) is 38.5. The van der Waals surface area contributed by atoms with Gasteiger partial charge >= 0.3 is 0 Å². The zero-order chi connectivity index (χ0) is 37.4. The number of hydrogen-bond acceptors (Lipinski definition) is 13. The van der Waals surface area contributed by atoms with Crippen molar-refractivity contribution >= 4 is 51.5 Å². The van der Waals surface area contributed by atoms with Crippen molar-refractivity contribution in [1.29, 1.82) is 0 Å². The number of pyridine rings is 1. The summed E-state index contributed by atoms with van der Waals surface area (Å²) in [5.74, 6) is 2.33. The number of amides is 1. The molecule has 0 fully saturated rings. The van der Waals surface area contributed by atoms with E-state index in [-0.39, 0.29) is 17.9 Å². The summed E-state index contributed by atoms with van der Waals surface area (Å²) < 4.78 is 3.91. The van der Waals surface area contributed by atoms with Crippen molar-refractivity contribution in [3.8, 4) is 0 Å². The van der Waals surface area contributed by atoms with Gasteiger partial charge in [-0.15, -0.1) is 0 Å². The van der Waals surface area contributed by atoms with Crippen LogP contribution >= 0.6 is 0 Å². The molecule has 9 N–H and O–H groups in total. The number of fused-ring (bicyclic) bond motifs is 2. The Balaban J connectivity index is 0.000000181. The maximum Gasteiger partial charge on any atom is 0.253 e. The van der Waals surface area contributed by atoms with Crippen molar-refractivity contribution in [2.75, 3.05) is 17.2 Å². The number of aromatic nitrogens is 7. The molecule has 1 amide bonds. The second kappa shape index (κ2) is 16.5. The maximum atomic E-state index is 11.1. The Morgan fingerprint density at radius 2 is 1.34 bits per heavy atom. The van der Waals surface area contributed by atoms with Gasteiger partial charge < -0.3 is 47.2 Å². The fraction of sp³-hybridized carbons (Fsp3) is 0.382. The van der Waals surface area contributed by atoms with E-state index in [1.807, 2.05) is 59.0 Å². The molecule has 4 aromatic heterocycles. The molecule has 0 atom stereocenters. The van der Waals surface area contributed by atoms with Gasteiger partial charge in [0.05, 0.1) is 18.3 Å². The van der Waals surface area contributed by atoms with Crippen LogP contribution in [0.5, 0.6) is 0 Å². The topological polar surface area (TPSA) is 226 Å². The fourth-order valence-electron chi connectivity index (χ4n) is 4.72. The van der Waals surface area contributed by atoms with Crippen molar-refractivity contribution in [3.63, 3.8) is 0 Å². The van der Waals surface area contributed by atoms with E-state index in [4.69, 9.17) is 22.9 Å². The number of carbonyl (C=O) groups excluding carboxylic acids is 1. The second-order valence-corrected chi connectivity index (χ2v) is 12.7. The van der Waals surface area contributed by atoms with Crippen molar-refractivity contribution in [2.45, 2.75) is 86.5 Å². The highest BCUT2D eigenvalue weighted by Gasteiger charge is 2.19. The molecule has 16 nitrogen and oxygen atoms in total. The molecule has 0 saturated carbocycles. The van der Waals surface area contributed by atoms with Gasteiger partial charge in [0, 0.05) is 48.3 Å². The molecule has 0 aromatic carbocycles. The molecule has 0 unspecified atom stereocenters. The molecule has 6 heterocycles. The van der Waals surface area contributed by atoms with E-state index in [0.29, 0.717) is 58.3 Å². The molecule has 0 bridgehead atoms. The zero-order valence-corrected chi connectivity index (χ0v) is 30.5. The summed E-state index contributed by atoms with van der Waals surface area (Å²) in [6.07, 6.45) is 10.7. The van der Waals surface area contributed by atoms with Gasteiger partial charge in [0.1, 0.15) is 28.5 Å². The van der Waals surface area contributed by atoms with Crippen LogP contribution in [0.3, 0.4) is 0 Å². The lowest BCUT2D eigenvalue weighted by Crippen LogP contribution is -2.40. The lowest BCUT2D eigenvalue weighted by Gasteiger charge is -2.31. The Morgan fingerprint density at radius 1 is 0.760 bits per heavy atom. The average molecular weight is 686 g/mol. The van der Waals surface area contributed by atoms with E-state index in [0.717, 1.165) is 16.7 Å². The summed E-state index contributed by atoms with van der Waals surface area (Å²) in [4.78, 5) is 39.6. The Hall–Kier alpha value is -5.93. The summed E-state index contributed by atoms with van der Waals surface area (Å²) in [6.45, 7) is 25.8. The van der Waals surface area contributed by atoms with Crippen molar-refractivity contribution < 1.29 is 4.79 Å². The number of imidazole rings is 2. The highest BCUT2D eigenvalue weighted by Crippen LogP contribution is 2.21. The standard InChI is InChI=1S/C9H12N4.C9H14N2O.C8H12N6.C8H13N3/c1-6(2)13-5-12-8-7(10)3-4-11-9(8)13;1-6(2)11-5-7(3)9(12)10-8(11)4;1-4(2)14-3-11-5-6(9)12-8(10)13-7(5)14;1-6(2)11-5-4-8(9)10-7(11)3/h3-6H,1-2H3,(H2,10,11);5-6H,4H2,1-3H3,(H,10,12);3-4H,1-2H3,(H4,9,10,12,13);4-6H,3H2,1-2H3,(H2,9,10). The van der Waals surface area contributed by atoms with Crippen LogP contribution in [-0.4, -0.2) is 67.7 Å². The minimum Gasteiger partial charge on any atom is -0.397 e. The Kier molecular flexibility index (Phi) is 12.7. The van der Waals surface area contributed by atoms with Gasteiger partial charge in [-0.1, -0.05) is 13.2 Å². The monoisotopic (exact) mass is 685 g/mol. The summed E-state index contributed by atoms with van der Waals surface area (Å²) in [5, 5.41) is 2.68. The van der Waals surface area contributed by atoms with Gasteiger partial charge in [-0.05, 0) is 74.5 Å². The number of amidine groups is 1. The van der Waals surface area contributed by atoms with Gasteiger partial charge in [-0.2, -0.15) is 9.97 Å². The van der Waals surface area contributed by atoms with E-state index < -0.39 is 0 Å². The predicted molar refractivity (Wildman–Crippen MR) is 202 cm³/mol. The molecule has 50 heavy (non-hydrogen) atoms. The lowest BCUT2D eigenvalue weighted by molar-refractivity contribution is -0.117. The van der Waals surface area contributed by atoms with Crippen LogP contribution in [-0.2, 0) is 4.79 Å². The van der Waals surface area contributed by atoms with Gasteiger partial charge in [0.15, 0.2) is 17.1 Å². The highest BCUT2D eigenvalue weighted by atomic mass is 16.2. The quantitative estimate of drug-likeness (QED) is 0.201. The van der Waals surface area contributed by atoms with E-state index in [9.17, 15) is 4.79 Å². The van der Waals surface area contributed by atoms with E-state index >= 15 is 0 Å². The number of carbonyl (C=O) groups is 1. The smallest absolute Gasteiger partial charge is 0.253 e. The van der Waals surface area contributed by atoms with Crippen LogP contribution in [0.25, 0.3) is 22.3 Å². The second-order valence-electron chi connectivity index (χ2n) is 12.7. The summed E-state index contributed by atoms with van der Waals surface area (Å²) in [6, 6.07) is 3.11. The number of nitrogens with zero attached hydrogens (tertiary/aromatic N) is 10. The third kappa shape index (κ3) is 9.36. The molecule has 4 aromatic rings. The van der Waals surface area contributed by atoms with Crippen LogP contribution in [0, 0.1) is 0 Å². The number of anilines is 3. The molecule has 0 aliphatic carbocycles. The molecule has 16 heteroatoms. The minimum absolute atomic E-state index is 0.0584. The lowest BCUT2D eigenvalue weighted by atomic mass is 10.2. The first-order chi connectivity index (χ1) is 23.4. The molecule has 268 valence electrons. The Labute approximate surface area is 293 Å². The molecule has 0 spiro atoms. The Morgan fingerprint density at radius 3 is 1.90 bits per heavy atom. The summed E-state index contributed by atoms with van der Waals surface area (Å²) >= 11 is 0. The molecule has 0 saturated heterocycles. The van der Waals surface area contributed by atoms with E-state index in [1.54, 1.807) is 37.9 Å². The van der Waals surface area contributed by atoms with E-state index in [1.165, 1.54) is 0 Å². The van der Waals surface area contributed by atoms with Crippen LogP contribution in [0.4, 0.5) is 17.5 Å². The minimum atomic E-state index is -0.0584. The van der Waals surface area contributed by atoms with Crippen LogP contribution in [0.15, 0.2) is 78.8 Å². The van der Waals surface area contributed by atoms with Crippen LogP contribution in [0.1, 0.15) is 74.4 Å². The van der Waals surface area contributed by atoms with Crippen molar-refractivity contribution in [3.05, 3.63) is 73.8 Å². The third-order valence-corrected chi connectivity index (χ3v) is 7.41. The van der Waals surface area contributed by atoms with Gasteiger partial charge in [-0.3, -0.25) is 4.79 Å². The number of rotatable bonds is 4.